The van der Waals surface area contributed by atoms with Gasteiger partial charge in [0.05, 0.1) is 10.7 Å². The number of halogens is 1. The Morgan fingerprint density at radius 3 is 2.77 bits per heavy atom. The summed E-state index contributed by atoms with van der Waals surface area (Å²) in [7, 11) is 0. The standard InChI is InChI=1S/C8H6ClN3O/c9-6-3-1-2-4-7(6)12-8(13)10-5-11-12/h1-5H,(H,10,11,13). The minimum Gasteiger partial charge on any atom is -0.295 e. The van der Waals surface area contributed by atoms with Gasteiger partial charge < -0.3 is 0 Å². The van der Waals surface area contributed by atoms with Gasteiger partial charge in [-0.25, -0.2) is 4.79 Å². The first-order valence-electron chi connectivity index (χ1n) is 3.66. The van der Waals surface area contributed by atoms with Crippen molar-refractivity contribution in [2.45, 2.75) is 0 Å². The highest BCUT2D eigenvalue weighted by atomic mass is 35.5. The Bertz CT molecular complexity index is 474. The van der Waals surface area contributed by atoms with Crippen LogP contribution in [0.15, 0.2) is 35.4 Å². The molecular formula is C8H6ClN3O. The predicted molar refractivity (Wildman–Crippen MR) is 49.2 cm³/mol. The van der Waals surface area contributed by atoms with Crippen molar-refractivity contribution in [1.29, 1.82) is 0 Å². The highest BCUT2D eigenvalue weighted by Gasteiger charge is 2.04. The first-order chi connectivity index (χ1) is 6.29. The topological polar surface area (TPSA) is 50.7 Å². The van der Waals surface area contributed by atoms with Crippen LogP contribution in [0.5, 0.6) is 0 Å². The summed E-state index contributed by atoms with van der Waals surface area (Å²) < 4.78 is 1.21. The van der Waals surface area contributed by atoms with Gasteiger partial charge in [-0.1, -0.05) is 23.7 Å². The van der Waals surface area contributed by atoms with Gasteiger partial charge in [0.1, 0.15) is 6.33 Å². The minimum atomic E-state index is -0.298. The monoisotopic (exact) mass is 195 g/mol. The van der Waals surface area contributed by atoms with E-state index in [9.17, 15) is 4.79 Å². The van der Waals surface area contributed by atoms with E-state index in [1.165, 1.54) is 11.0 Å². The van der Waals surface area contributed by atoms with E-state index in [-0.39, 0.29) is 5.69 Å². The average Bonchev–Trinajstić information content (AvgIpc) is 2.52. The third kappa shape index (κ3) is 1.36. The summed E-state index contributed by atoms with van der Waals surface area (Å²) in [5, 5.41) is 4.31. The molecule has 0 saturated heterocycles. The van der Waals surface area contributed by atoms with Gasteiger partial charge in [-0.15, -0.1) is 0 Å². The van der Waals surface area contributed by atoms with Crippen LogP contribution in [0, 0.1) is 0 Å². The van der Waals surface area contributed by atoms with Crippen LogP contribution in [-0.4, -0.2) is 14.8 Å². The fourth-order valence-electron chi connectivity index (χ4n) is 1.05. The molecule has 13 heavy (non-hydrogen) atoms. The second kappa shape index (κ2) is 3.06. The zero-order valence-corrected chi connectivity index (χ0v) is 7.32. The summed E-state index contributed by atoms with van der Waals surface area (Å²) in [6, 6.07) is 7.02. The number of hydrogen-bond donors (Lipinski definition) is 1. The summed E-state index contributed by atoms with van der Waals surface area (Å²) in [6.07, 6.45) is 1.33. The number of benzene rings is 1. The SMILES string of the molecule is O=c1[nH]cnn1-c1ccccc1Cl. The van der Waals surface area contributed by atoms with Gasteiger partial charge >= 0.3 is 5.69 Å². The number of nitrogens with zero attached hydrogens (tertiary/aromatic N) is 2. The van der Waals surface area contributed by atoms with Gasteiger partial charge in [-0.05, 0) is 12.1 Å². The Balaban J connectivity index is 2.66. The zero-order valence-electron chi connectivity index (χ0n) is 6.57. The Labute approximate surface area is 78.8 Å². The number of para-hydroxylation sites is 1. The Kier molecular flexibility index (Phi) is 1.90. The van der Waals surface area contributed by atoms with Crippen molar-refractivity contribution in [3.63, 3.8) is 0 Å². The lowest BCUT2D eigenvalue weighted by Gasteiger charge is -2.00. The number of nitrogens with one attached hydrogen (secondary N) is 1. The third-order valence-electron chi connectivity index (χ3n) is 1.63. The molecule has 1 aromatic heterocycles. The maximum atomic E-state index is 11.2. The van der Waals surface area contributed by atoms with E-state index in [0.29, 0.717) is 10.7 Å². The van der Waals surface area contributed by atoms with E-state index in [0.717, 1.165) is 0 Å². The van der Waals surface area contributed by atoms with Crippen LogP contribution < -0.4 is 5.69 Å². The van der Waals surface area contributed by atoms with Crippen LogP contribution in [0.2, 0.25) is 5.02 Å². The lowest BCUT2D eigenvalue weighted by atomic mass is 10.3. The van der Waals surface area contributed by atoms with Gasteiger partial charge in [0, 0.05) is 0 Å². The quantitative estimate of drug-likeness (QED) is 0.744. The van der Waals surface area contributed by atoms with Gasteiger partial charge in [-0.3, -0.25) is 4.98 Å². The van der Waals surface area contributed by atoms with Crippen LogP contribution in [0.4, 0.5) is 0 Å². The molecule has 5 heteroatoms. The molecular weight excluding hydrogens is 190 g/mol. The minimum absolute atomic E-state index is 0.298. The van der Waals surface area contributed by atoms with Gasteiger partial charge in [0.15, 0.2) is 0 Å². The summed E-state index contributed by atoms with van der Waals surface area (Å²) in [4.78, 5) is 13.6. The molecule has 0 unspecified atom stereocenters. The van der Waals surface area contributed by atoms with Gasteiger partial charge in [0.2, 0.25) is 0 Å². The number of hydrogen-bond acceptors (Lipinski definition) is 2. The Morgan fingerprint density at radius 2 is 2.15 bits per heavy atom. The predicted octanol–water partition coefficient (Wildman–Crippen LogP) is 1.21. The van der Waals surface area contributed by atoms with Crippen molar-refractivity contribution in [2.75, 3.05) is 0 Å². The summed E-state index contributed by atoms with van der Waals surface area (Å²) in [6.45, 7) is 0. The van der Waals surface area contributed by atoms with E-state index >= 15 is 0 Å². The van der Waals surface area contributed by atoms with Gasteiger partial charge in [-0.2, -0.15) is 9.78 Å². The van der Waals surface area contributed by atoms with E-state index < -0.39 is 0 Å². The number of aromatic nitrogens is 3. The molecule has 0 aliphatic rings. The molecule has 1 N–H and O–H groups in total. The van der Waals surface area contributed by atoms with E-state index in [2.05, 4.69) is 10.1 Å². The average molecular weight is 196 g/mol. The Hall–Kier alpha value is -1.55. The molecule has 0 aliphatic carbocycles. The molecule has 0 aliphatic heterocycles. The van der Waals surface area contributed by atoms with Crippen LogP contribution in [0.1, 0.15) is 0 Å². The highest BCUT2D eigenvalue weighted by molar-refractivity contribution is 6.32. The lowest BCUT2D eigenvalue weighted by molar-refractivity contribution is 0.843. The van der Waals surface area contributed by atoms with Crippen molar-refractivity contribution in [1.82, 2.24) is 14.8 Å². The van der Waals surface area contributed by atoms with Gasteiger partial charge in [0.25, 0.3) is 0 Å². The fourth-order valence-corrected chi connectivity index (χ4v) is 1.27. The third-order valence-corrected chi connectivity index (χ3v) is 1.95. The van der Waals surface area contributed by atoms with Crippen LogP contribution in [0.3, 0.4) is 0 Å². The zero-order chi connectivity index (χ0) is 9.26. The first-order valence-corrected chi connectivity index (χ1v) is 4.04. The molecule has 2 rings (SSSR count). The van der Waals surface area contributed by atoms with E-state index in [1.54, 1.807) is 24.3 Å². The second-order valence-electron chi connectivity index (χ2n) is 2.46. The fraction of sp³-hybridized carbons (Fsp3) is 0. The number of H-pyrrole nitrogens is 1. The molecule has 0 atom stereocenters. The van der Waals surface area contributed by atoms with Crippen LogP contribution in [0.25, 0.3) is 5.69 Å². The molecule has 0 amide bonds. The van der Waals surface area contributed by atoms with Crippen molar-refractivity contribution in [3.8, 4) is 5.69 Å². The molecule has 1 aromatic carbocycles. The molecule has 0 saturated carbocycles. The molecule has 0 bridgehead atoms. The normalized spacial score (nSPS) is 10.2. The number of rotatable bonds is 1. The maximum Gasteiger partial charge on any atom is 0.347 e. The molecule has 2 aromatic rings. The molecule has 0 radical (unpaired) electrons. The van der Waals surface area contributed by atoms with Crippen LogP contribution in [-0.2, 0) is 0 Å². The van der Waals surface area contributed by atoms with Crippen molar-refractivity contribution in [2.24, 2.45) is 0 Å². The largest absolute Gasteiger partial charge is 0.347 e. The summed E-state index contributed by atoms with van der Waals surface area (Å²) >= 11 is 5.87. The number of aromatic amines is 1. The first kappa shape index (κ1) is 8.07. The Morgan fingerprint density at radius 1 is 1.38 bits per heavy atom. The van der Waals surface area contributed by atoms with E-state index in [4.69, 9.17) is 11.6 Å². The molecule has 66 valence electrons. The van der Waals surface area contributed by atoms with Crippen LogP contribution >= 0.6 is 11.6 Å². The molecule has 4 nitrogen and oxygen atoms in total. The molecule has 0 fully saturated rings. The smallest absolute Gasteiger partial charge is 0.295 e. The second-order valence-corrected chi connectivity index (χ2v) is 2.86. The highest BCUT2D eigenvalue weighted by Crippen LogP contribution is 2.16. The van der Waals surface area contributed by atoms with Crippen molar-refractivity contribution in [3.05, 3.63) is 46.1 Å². The van der Waals surface area contributed by atoms with E-state index in [1.807, 2.05) is 0 Å². The molecule has 1 heterocycles. The summed E-state index contributed by atoms with van der Waals surface area (Å²) in [5.74, 6) is 0. The molecule has 0 spiro atoms. The van der Waals surface area contributed by atoms with Crippen molar-refractivity contribution >= 4 is 11.6 Å². The summed E-state index contributed by atoms with van der Waals surface area (Å²) in [5.41, 5.74) is 0.281. The van der Waals surface area contributed by atoms with Crippen molar-refractivity contribution < 1.29 is 0 Å². The lowest BCUT2D eigenvalue weighted by Crippen LogP contribution is -2.16. The maximum absolute atomic E-state index is 11.2.